The Morgan fingerprint density at radius 2 is 1.47 bits per heavy atom. The summed E-state index contributed by atoms with van der Waals surface area (Å²) in [6, 6.07) is 10.1. The Balaban J connectivity index is 2.65. The van der Waals surface area contributed by atoms with Crippen molar-refractivity contribution >= 4 is 0 Å². The van der Waals surface area contributed by atoms with Gasteiger partial charge in [0.2, 0.25) is 0 Å². The highest BCUT2D eigenvalue weighted by Crippen LogP contribution is 2.31. The summed E-state index contributed by atoms with van der Waals surface area (Å²) in [4.78, 5) is 0. The molecule has 3 heteroatoms. The first-order valence-electron chi connectivity index (χ1n) is 4.42. The van der Waals surface area contributed by atoms with Gasteiger partial charge in [0.1, 0.15) is 5.75 Å². The van der Waals surface area contributed by atoms with Crippen molar-refractivity contribution in [2.45, 2.75) is 0 Å². The standard InChI is InChI=1S/C12H8F2O/c13-10-6-3-5-9(12(10)14)8-4-1-2-7-11(8)15/h1-7,15H. The number of phenolic OH excluding ortho intramolecular Hbond substituents is 1. The molecule has 0 aliphatic rings. The fourth-order valence-corrected chi connectivity index (χ4v) is 1.41. The smallest absolute Gasteiger partial charge is 0.166 e. The van der Waals surface area contributed by atoms with Gasteiger partial charge in [-0.15, -0.1) is 0 Å². The Bertz CT molecular complexity index is 495. The van der Waals surface area contributed by atoms with Gasteiger partial charge in [0.15, 0.2) is 11.6 Å². The van der Waals surface area contributed by atoms with Crippen molar-refractivity contribution in [3.63, 3.8) is 0 Å². The molecule has 2 aromatic carbocycles. The minimum atomic E-state index is -0.945. The molecule has 0 spiro atoms. The first-order chi connectivity index (χ1) is 7.20. The predicted molar refractivity (Wildman–Crippen MR) is 53.5 cm³/mol. The van der Waals surface area contributed by atoms with E-state index in [1.54, 1.807) is 12.1 Å². The van der Waals surface area contributed by atoms with Gasteiger partial charge in [0.05, 0.1) is 0 Å². The van der Waals surface area contributed by atoms with E-state index < -0.39 is 11.6 Å². The van der Waals surface area contributed by atoms with Crippen LogP contribution < -0.4 is 0 Å². The molecule has 0 aromatic heterocycles. The van der Waals surface area contributed by atoms with Gasteiger partial charge in [-0.1, -0.05) is 30.3 Å². The maximum absolute atomic E-state index is 13.4. The van der Waals surface area contributed by atoms with Gasteiger partial charge >= 0.3 is 0 Å². The van der Waals surface area contributed by atoms with Crippen LogP contribution in [0, 0.1) is 11.6 Å². The maximum Gasteiger partial charge on any atom is 0.166 e. The molecule has 2 rings (SSSR count). The molecule has 0 saturated carbocycles. The third-order valence-electron chi connectivity index (χ3n) is 2.15. The predicted octanol–water partition coefficient (Wildman–Crippen LogP) is 3.34. The Morgan fingerprint density at radius 1 is 0.800 bits per heavy atom. The van der Waals surface area contributed by atoms with E-state index in [1.807, 2.05) is 0 Å². The van der Waals surface area contributed by atoms with E-state index in [9.17, 15) is 13.9 Å². The fourth-order valence-electron chi connectivity index (χ4n) is 1.41. The normalized spacial score (nSPS) is 10.3. The van der Waals surface area contributed by atoms with E-state index in [0.717, 1.165) is 6.07 Å². The monoisotopic (exact) mass is 206 g/mol. The zero-order chi connectivity index (χ0) is 10.8. The molecule has 0 atom stereocenters. The Labute approximate surface area is 85.6 Å². The molecule has 0 heterocycles. The van der Waals surface area contributed by atoms with Crippen LogP contribution in [0.25, 0.3) is 11.1 Å². The van der Waals surface area contributed by atoms with Crippen LogP contribution in [-0.4, -0.2) is 5.11 Å². The lowest BCUT2D eigenvalue weighted by molar-refractivity contribution is 0.475. The van der Waals surface area contributed by atoms with Crippen LogP contribution >= 0.6 is 0 Å². The minimum Gasteiger partial charge on any atom is -0.507 e. The molecular weight excluding hydrogens is 198 g/mol. The van der Waals surface area contributed by atoms with Crippen LogP contribution in [0.5, 0.6) is 5.75 Å². The molecule has 0 saturated heterocycles. The summed E-state index contributed by atoms with van der Waals surface area (Å²) in [5.74, 6) is -1.93. The summed E-state index contributed by atoms with van der Waals surface area (Å²) in [7, 11) is 0. The van der Waals surface area contributed by atoms with Gasteiger partial charge in [-0.3, -0.25) is 0 Å². The molecule has 2 aromatic rings. The van der Waals surface area contributed by atoms with Crippen molar-refractivity contribution in [3.8, 4) is 16.9 Å². The van der Waals surface area contributed by atoms with Gasteiger partial charge in [0, 0.05) is 11.1 Å². The summed E-state index contributed by atoms with van der Waals surface area (Å²) in [6.07, 6.45) is 0. The second-order valence-corrected chi connectivity index (χ2v) is 3.12. The number of para-hydroxylation sites is 1. The summed E-state index contributed by atoms with van der Waals surface area (Å²) in [5, 5.41) is 9.49. The van der Waals surface area contributed by atoms with E-state index in [4.69, 9.17) is 0 Å². The van der Waals surface area contributed by atoms with Crippen molar-refractivity contribution in [1.29, 1.82) is 0 Å². The van der Waals surface area contributed by atoms with Crippen LogP contribution in [0.4, 0.5) is 8.78 Å². The maximum atomic E-state index is 13.4. The van der Waals surface area contributed by atoms with E-state index >= 15 is 0 Å². The first-order valence-corrected chi connectivity index (χ1v) is 4.42. The number of aromatic hydroxyl groups is 1. The van der Waals surface area contributed by atoms with Crippen LogP contribution in [0.1, 0.15) is 0 Å². The average Bonchev–Trinajstić information content (AvgIpc) is 2.23. The number of phenols is 1. The Morgan fingerprint density at radius 3 is 2.20 bits per heavy atom. The average molecular weight is 206 g/mol. The van der Waals surface area contributed by atoms with Gasteiger partial charge in [-0.2, -0.15) is 0 Å². The number of hydrogen-bond acceptors (Lipinski definition) is 1. The molecule has 15 heavy (non-hydrogen) atoms. The molecule has 0 radical (unpaired) electrons. The second-order valence-electron chi connectivity index (χ2n) is 3.12. The second kappa shape index (κ2) is 3.69. The van der Waals surface area contributed by atoms with E-state index in [1.165, 1.54) is 24.3 Å². The summed E-state index contributed by atoms with van der Waals surface area (Å²) < 4.78 is 26.3. The zero-order valence-corrected chi connectivity index (χ0v) is 7.74. The number of halogens is 2. The molecule has 0 bridgehead atoms. The first kappa shape index (κ1) is 9.65. The van der Waals surface area contributed by atoms with Crippen molar-refractivity contribution in [3.05, 3.63) is 54.1 Å². The summed E-state index contributed by atoms with van der Waals surface area (Å²) >= 11 is 0. The fraction of sp³-hybridized carbons (Fsp3) is 0. The van der Waals surface area contributed by atoms with E-state index in [-0.39, 0.29) is 16.9 Å². The highest BCUT2D eigenvalue weighted by Gasteiger charge is 2.11. The van der Waals surface area contributed by atoms with Crippen LogP contribution in [0.3, 0.4) is 0 Å². The topological polar surface area (TPSA) is 20.2 Å². The SMILES string of the molecule is Oc1ccccc1-c1cccc(F)c1F. The third kappa shape index (κ3) is 1.68. The molecule has 0 aliphatic heterocycles. The van der Waals surface area contributed by atoms with Crippen molar-refractivity contribution in [2.75, 3.05) is 0 Å². The van der Waals surface area contributed by atoms with Crippen molar-refractivity contribution in [2.24, 2.45) is 0 Å². The van der Waals surface area contributed by atoms with Crippen molar-refractivity contribution < 1.29 is 13.9 Å². The minimum absolute atomic E-state index is 0.0631. The summed E-state index contributed by atoms with van der Waals surface area (Å²) in [5.41, 5.74) is 0.350. The van der Waals surface area contributed by atoms with Gasteiger partial charge < -0.3 is 5.11 Å². The molecule has 0 fully saturated rings. The molecule has 1 nitrogen and oxygen atoms in total. The van der Waals surface area contributed by atoms with Crippen LogP contribution in [0.2, 0.25) is 0 Å². The van der Waals surface area contributed by atoms with Crippen LogP contribution in [-0.2, 0) is 0 Å². The van der Waals surface area contributed by atoms with E-state index in [2.05, 4.69) is 0 Å². The molecular formula is C12H8F2O. The molecule has 0 aliphatic carbocycles. The quantitative estimate of drug-likeness (QED) is 0.758. The van der Waals surface area contributed by atoms with Gasteiger partial charge in [-0.05, 0) is 12.1 Å². The van der Waals surface area contributed by atoms with Crippen molar-refractivity contribution in [1.82, 2.24) is 0 Å². The molecule has 76 valence electrons. The lowest BCUT2D eigenvalue weighted by Gasteiger charge is -2.05. The van der Waals surface area contributed by atoms with Gasteiger partial charge in [-0.25, -0.2) is 8.78 Å². The highest BCUT2D eigenvalue weighted by atomic mass is 19.2. The zero-order valence-electron chi connectivity index (χ0n) is 7.74. The number of hydrogen-bond donors (Lipinski definition) is 1. The third-order valence-corrected chi connectivity index (χ3v) is 2.15. The Hall–Kier alpha value is -1.90. The van der Waals surface area contributed by atoms with Gasteiger partial charge in [0.25, 0.3) is 0 Å². The lowest BCUT2D eigenvalue weighted by atomic mass is 10.0. The highest BCUT2D eigenvalue weighted by molar-refractivity contribution is 5.70. The van der Waals surface area contributed by atoms with E-state index in [0.29, 0.717) is 0 Å². The van der Waals surface area contributed by atoms with Crippen LogP contribution in [0.15, 0.2) is 42.5 Å². The largest absolute Gasteiger partial charge is 0.507 e. The molecule has 0 unspecified atom stereocenters. The number of benzene rings is 2. The molecule has 0 amide bonds. The summed E-state index contributed by atoms with van der Waals surface area (Å²) in [6.45, 7) is 0. The number of rotatable bonds is 1. The molecule has 1 N–H and O–H groups in total. The Kier molecular flexibility index (Phi) is 2.37. The lowest BCUT2D eigenvalue weighted by Crippen LogP contribution is -1.89.